The number of nitrogens with one attached hydrogen (secondary N) is 1. The fourth-order valence-corrected chi connectivity index (χ4v) is 2.33. The first-order valence-electron chi connectivity index (χ1n) is 6.98. The van der Waals surface area contributed by atoms with Gasteiger partial charge in [-0.1, -0.05) is 6.92 Å². The Labute approximate surface area is 128 Å². The maximum atomic E-state index is 11.5. The minimum atomic E-state index is -0.418. The van der Waals surface area contributed by atoms with Crippen LogP contribution in [0, 0.1) is 17.0 Å². The van der Waals surface area contributed by atoms with Crippen LogP contribution < -0.4 is 14.8 Å². The number of rotatable bonds is 6. The molecule has 0 aliphatic carbocycles. The number of hydrogen-bond acceptors (Lipinski definition) is 6. The van der Waals surface area contributed by atoms with Crippen LogP contribution in [-0.2, 0) is 0 Å². The van der Waals surface area contributed by atoms with E-state index in [2.05, 4.69) is 10.3 Å². The second-order valence-corrected chi connectivity index (χ2v) is 4.83. The van der Waals surface area contributed by atoms with Crippen molar-refractivity contribution in [3.05, 3.63) is 27.9 Å². The van der Waals surface area contributed by atoms with Crippen molar-refractivity contribution >= 4 is 22.3 Å². The molecule has 0 saturated carbocycles. The molecular weight excluding hydrogens is 286 g/mol. The molecule has 118 valence electrons. The third-order valence-corrected chi connectivity index (χ3v) is 3.40. The topological polar surface area (TPSA) is 86.5 Å². The summed E-state index contributed by atoms with van der Waals surface area (Å²) in [5.74, 6) is 1.25. The van der Waals surface area contributed by atoms with Gasteiger partial charge in [-0.05, 0) is 25.5 Å². The highest BCUT2D eigenvalue weighted by molar-refractivity contribution is 5.98. The van der Waals surface area contributed by atoms with E-state index in [9.17, 15) is 10.1 Å². The molecule has 0 amide bonds. The Hall–Kier alpha value is -2.57. The lowest BCUT2D eigenvalue weighted by Crippen LogP contribution is -2.07. The van der Waals surface area contributed by atoms with Gasteiger partial charge in [0.25, 0.3) is 0 Å². The van der Waals surface area contributed by atoms with Crippen LogP contribution in [0.2, 0.25) is 0 Å². The zero-order chi connectivity index (χ0) is 16.3. The fourth-order valence-electron chi connectivity index (χ4n) is 2.33. The van der Waals surface area contributed by atoms with E-state index in [0.717, 1.165) is 6.42 Å². The molecule has 1 aromatic carbocycles. The first-order valence-corrected chi connectivity index (χ1v) is 6.98. The van der Waals surface area contributed by atoms with Crippen molar-refractivity contribution in [2.75, 3.05) is 26.1 Å². The fraction of sp³-hybridized carbons (Fsp3) is 0.400. The molecule has 1 N–H and O–H groups in total. The lowest BCUT2D eigenvalue weighted by Gasteiger charge is -2.13. The van der Waals surface area contributed by atoms with Crippen LogP contribution in [0.3, 0.4) is 0 Å². The second kappa shape index (κ2) is 6.46. The number of aryl methyl sites for hydroxylation is 1. The predicted octanol–water partition coefficient (Wildman–Crippen LogP) is 3.29. The van der Waals surface area contributed by atoms with Crippen LogP contribution >= 0.6 is 0 Å². The summed E-state index contributed by atoms with van der Waals surface area (Å²) in [5, 5.41) is 15.7. The Balaban J connectivity index is 2.80. The molecule has 7 heteroatoms. The van der Waals surface area contributed by atoms with Crippen molar-refractivity contribution < 1.29 is 14.4 Å². The molecule has 0 aliphatic rings. The number of ether oxygens (including phenoxy) is 2. The van der Waals surface area contributed by atoms with E-state index in [1.165, 1.54) is 14.2 Å². The van der Waals surface area contributed by atoms with E-state index in [1.54, 1.807) is 12.1 Å². The van der Waals surface area contributed by atoms with Crippen molar-refractivity contribution in [2.45, 2.75) is 20.3 Å². The van der Waals surface area contributed by atoms with Gasteiger partial charge < -0.3 is 14.8 Å². The van der Waals surface area contributed by atoms with Gasteiger partial charge in [0.05, 0.1) is 24.5 Å². The maximum Gasteiger partial charge on any atom is 0.319 e. The number of hydrogen-bond donors (Lipinski definition) is 1. The minimum absolute atomic E-state index is 0.0463. The summed E-state index contributed by atoms with van der Waals surface area (Å²) < 4.78 is 10.5. The largest absolute Gasteiger partial charge is 0.493 e. The van der Waals surface area contributed by atoms with Gasteiger partial charge in [0.1, 0.15) is 0 Å². The molecule has 1 heterocycles. The molecule has 7 nitrogen and oxygen atoms in total. The molecule has 0 fully saturated rings. The Morgan fingerprint density at radius 1 is 1.23 bits per heavy atom. The van der Waals surface area contributed by atoms with Gasteiger partial charge >= 0.3 is 5.69 Å². The van der Waals surface area contributed by atoms with Gasteiger partial charge in [-0.25, -0.2) is 4.98 Å². The van der Waals surface area contributed by atoms with Crippen LogP contribution in [0.1, 0.15) is 19.0 Å². The van der Waals surface area contributed by atoms with Gasteiger partial charge in [0.2, 0.25) is 5.82 Å². The molecule has 0 aliphatic heterocycles. The highest BCUT2D eigenvalue weighted by Crippen LogP contribution is 2.40. The Morgan fingerprint density at radius 2 is 1.82 bits per heavy atom. The number of aromatic nitrogens is 1. The van der Waals surface area contributed by atoms with Crippen LogP contribution in [0.4, 0.5) is 11.5 Å². The Kier molecular flexibility index (Phi) is 4.65. The summed E-state index contributed by atoms with van der Waals surface area (Å²) in [5.41, 5.74) is 0.648. The summed E-state index contributed by atoms with van der Waals surface area (Å²) >= 11 is 0. The average Bonchev–Trinajstić information content (AvgIpc) is 2.51. The summed E-state index contributed by atoms with van der Waals surface area (Å²) in [6.45, 7) is 4.42. The molecule has 22 heavy (non-hydrogen) atoms. The molecule has 1 aromatic heterocycles. The van der Waals surface area contributed by atoms with E-state index in [1.807, 2.05) is 13.8 Å². The predicted molar refractivity (Wildman–Crippen MR) is 85.0 cm³/mol. The van der Waals surface area contributed by atoms with Crippen LogP contribution in [-0.4, -0.2) is 30.7 Å². The molecule has 0 spiro atoms. The van der Waals surface area contributed by atoms with E-state index in [0.29, 0.717) is 34.5 Å². The minimum Gasteiger partial charge on any atom is -0.493 e. The lowest BCUT2D eigenvalue weighted by atomic mass is 10.1. The number of nitro groups is 1. The molecule has 0 atom stereocenters. The third-order valence-electron chi connectivity index (χ3n) is 3.40. The van der Waals surface area contributed by atoms with Gasteiger partial charge in [-0.3, -0.25) is 10.1 Å². The third kappa shape index (κ3) is 2.74. The average molecular weight is 305 g/mol. The van der Waals surface area contributed by atoms with Crippen molar-refractivity contribution in [3.8, 4) is 11.5 Å². The Bertz CT molecular complexity index is 716. The van der Waals surface area contributed by atoms with Crippen molar-refractivity contribution in [2.24, 2.45) is 0 Å². The van der Waals surface area contributed by atoms with Gasteiger partial charge in [-0.2, -0.15) is 0 Å². The Morgan fingerprint density at radius 3 is 2.32 bits per heavy atom. The van der Waals surface area contributed by atoms with E-state index < -0.39 is 4.92 Å². The highest BCUT2D eigenvalue weighted by atomic mass is 16.6. The van der Waals surface area contributed by atoms with Crippen LogP contribution in [0.15, 0.2) is 12.1 Å². The molecule has 0 radical (unpaired) electrons. The summed E-state index contributed by atoms with van der Waals surface area (Å²) in [7, 11) is 3.03. The van der Waals surface area contributed by atoms with Crippen LogP contribution in [0.5, 0.6) is 11.5 Å². The maximum absolute atomic E-state index is 11.5. The number of methoxy groups -OCH3 is 2. The quantitative estimate of drug-likeness (QED) is 0.651. The summed E-state index contributed by atoms with van der Waals surface area (Å²) in [6, 6.07) is 3.34. The zero-order valence-corrected chi connectivity index (χ0v) is 13.1. The SMILES string of the molecule is CCCNc1nc(C)c2cc(OC)c(OC)cc2c1[N+](=O)[O-]. The highest BCUT2D eigenvalue weighted by Gasteiger charge is 2.23. The monoisotopic (exact) mass is 305 g/mol. The van der Waals surface area contributed by atoms with Crippen LogP contribution in [0.25, 0.3) is 10.8 Å². The molecular formula is C15H19N3O4. The lowest BCUT2D eigenvalue weighted by molar-refractivity contribution is -0.382. The van der Waals surface area contributed by atoms with Crippen molar-refractivity contribution in [1.29, 1.82) is 0 Å². The first-order chi connectivity index (χ1) is 10.5. The summed E-state index contributed by atoms with van der Waals surface area (Å²) in [6.07, 6.45) is 0.849. The zero-order valence-electron chi connectivity index (χ0n) is 13.1. The number of benzene rings is 1. The number of fused-ring (bicyclic) bond motifs is 1. The molecule has 2 aromatic rings. The smallest absolute Gasteiger partial charge is 0.319 e. The molecule has 0 saturated heterocycles. The van der Waals surface area contributed by atoms with E-state index in [-0.39, 0.29) is 11.5 Å². The van der Waals surface area contributed by atoms with Crippen molar-refractivity contribution in [1.82, 2.24) is 4.98 Å². The van der Waals surface area contributed by atoms with Gasteiger partial charge in [0, 0.05) is 17.6 Å². The van der Waals surface area contributed by atoms with E-state index in [4.69, 9.17) is 9.47 Å². The number of pyridine rings is 1. The standard InChI is InChI=1S/C15H19N3O4/c1-5-6-16-15-14(18(19)20)11-8-13(22-4)12(21-3)7-10(11)9(2)17-15/h7-8H,5-6H2,1-4H3,(H,16,17). The molecule has 2 rings (SSSR count). The number of anilines is 1. The molecule has 0 bridgehead atoms. The normalized spacial score (nSPS) is 10.5. The van der Waals surface area contributed by atoms with E-state index >= 15 is 0 Å². The first kappa shape index (κ1) is 15.8. The summed E-state index contributed by atoms with van der Waals surface area (Å²) in [4.78, 5) is 15.4. The van der Waals surface area contributed by atoms with Gasteiger partial charge in [-0.15, -0.1) is 0 Å². The van der Waals surface area contributed by atoms with Crippen molar-refractivity contribution in [3.63, 3.8) is 0 Å². The second-order valence-electron chi connectivity index (χ2n) is 4.83. The molecule has 0 unspecified atom stereocenters. The van der Waals surface area contributed by atoms with Gasteiger partial charge in [0.15, 0.2) is 11.5 Å². The number of nitrogens with zero attached hydrogens (tertiary/aromatic N) is 2.